The number of rotatable bonds is 3. The number of fused-ring (bicyclic) bond motifs is 3. The van der Waals surface area contributed by atoms with Gasteiger partial charge in [-0.25, -0.2) is 0 Å². The molecule has 2 heterocycles. The van der Waals surface area contributed by atoms with Gasteiger partial charge in [0.1, 0.15) is 0 Å². The van der Waals surface area contributed by atoms with E-state index in [4.69, 9.17) is 0 Å². The summed E-state index contributed by atoms with van der Waals surface area (Å²) in [5, 5.41) is 13.4. The zero-order valence-electron chi connectivity index (χ0n) is 22.1. The van der Waals surface area contributed by atoms with Crippen molar-refractivity contribution in [3.63, 3.8) is 0 Å². The Morgan fingerprint density at radius 1 is 0.778 bits per heavy atom. The highest BCUT2D eigenvalue weighted by Gasteiger charge is 2.36. The van der Waals surface area contributed by atoms with Crippen molar-refractivity contribution in [2.75, 3.05) is 6.54 Å². The number of hydrogen-bond acceptors (Lipinski definition) is 2. The lowest BCUT2D eigenvalue weighted by molar-refractivity contribution is 0.0131. The second-order valence-electron chi connectivity index (χ2n) is 11.8. The van der Waals surface area contributed by atoms with E-state index in [1.54, 1.807) is 11.3 Å². The predicted molar refractivity (Wildman–Crippen MR) is 149 cm³/mol. The van der Waals surface area contributed by atoms with Crippen molar-refractivity contribution >= 4 is 10.9 Å². The number of aliphatic hydroxyl groups is 1. The minimum Gasteiger partial charge on any atom is -0.385 e. The predicted octanol–water partition coefficient (Wildman–Crippen LogP) is 8.03. The smallest absolute Gasteiger partial charge is 0.0896 e. The lowest BCUT2D eigenvalue weighted by atomic mass is 9.82. The summed E-state index contributed by atoms with van der Waals surface area (Å²) in [5.74, 6) is 0. The quantitative estimate of drug-likeness (QED) is 0.408. The van der Waals surface area contributed by atoms with Crippen LogP contribution < -0.4 is 0 Å². The molecule has 0 unspecified atom stereocenters. The summed E-state index contributed by atoms with van der Waals surface area (Å²) in [6.45, 7) is 3.22. The van der Waals surface area contributed by atoms with Gasteiger partial charge in [0, 0.05) is 36.2 Å². The summed E-state index contributed by atoms with van der Waals surface area (Å²) in [6.07, 6.45) is 17.1. The highest BCUT2D eigenvalue weighted by atomic mass is 16.3. The molecule has 2 aromatic carbocycles. The van der Waals surface area contributed by atoms with Crippen LogP contribution >= 0.6 is 0 Å². The lowest BCUT2D eigenvalue weighted by Gasteiger charge is -2.40. The third-order valence-corrected chi connectivity index (χ3v) is 9.43. The number of nitrogens with zero attached hydrogens (tertiary/aromatic N) is 2. The first-order valence-corrected chi connectivity index (χ1v) is 14.9. The van der Waals surface area contributed by atoms with Gasteiger partial charge in [-0.3, -0.25) is 4.90 Å². The monoisotopic (exact) mass is 484 g/mol. The average Bonchev–Trinajstić information content (AvgIpc) is 3.23. The largest absolute Gasteiger partial charge is 0.385 e. The molecule has 3 aliphatic rings. The molecule has 3 nitrogen and oxygen atoms in total. The van der Waals surface area contributed by atoms with Crippen molar-refractivity contribution in [3.8, 4) is 0 Å². The molecule has 1 fully saturated rings. The van der Waals surface area contributed by atoms with E-state index in [1.165, 1.54) is 86.2 Å². The maximum atomic E-state index is 12.0. The molecule has 3 heteroatoms. The van der Waals surface area contributed by atoms with Gasteiger partial charge in [0.2, 0.25) is 0 Å². The molecular weight excluding hydrogens is 440 g/mol. The van der Waals surface area contributed by atoms with Crippen LogP contribution in [0.3, 0.4) is 0 Å². The molecule has 3 aromatic rings. The first-order chi connectivity index (χ1) is 17.7. The van der Waals surface area contributed by atoms with Crippen molar-refractivity contribution in [2.24, 2.45) is 0 Å². The molecule has 6 rings (SSSR count). The van der Waals surface area contributed by atoms with Gasteiger partial charge < -0.3 is 9.67 Å². The molecule has 0 bridgehead atoms. The number of aryl methyl sites for hydroxylation is 1. The molecule has 1 atom stereocenters. The standard InChI is InChI=1S/C33H44N2O/c36-33(20-11-6-4-2-1-3-5-7-12-21-33)27-18-19-30-29(24-27)28-16-13-17-31-32(28)35(30)23-22-34(31)25-26-14-9-8-10-15-26/h8-10,14-15,18-19,24,31,36H,1-7,11-13,16-17,20-23,25H2/t31-/m1/s1. The maximum Gasteiger partial charge on any atom is 0.0896 e. The minimum absolute atomic E-state index is 0.517. The minimum atomic E-state index is -0.671. The van der Waals surface area contributed by atoms with E-state index in [2.05, 4.69) is 58.0 Å². The summed E-state index contributed by atoms with van der Waals surface area (Å²) < 4.78 is 2.63. The molecule has 1 aliphatic heterocycles. The molecule has 2 aliphatic carbocycles. The summed E-state index contributed by atoms with van der Waals surface area (Å²) in [7, 11) is 0. The second-order valence-corrected chi connectivity index (χ2v) is 11.8. The van der Waals surface area contributed by atoms with Gasteiger partial charge in [-0.15, -0.1) is 0 Å². The molecule has 0 amide bonds. The number of benzene rings is 2. The molecule has 1 N–H and O–H groups in total. The number of aromatic nitrogens is 1. The maximum absolute atomic E-state index is 12.0. The van der Waals surface area contributed by atoms with Gasteiger partial charge in [0.25, 0.3) is 0 Å². The van der Waals surface area contributed by atoms with Gasteiger partial charge in [0.05, 0.1) is 11.6 Å². The highest BCUT2D eigenvalue weighted by molar-refractivity contribution is 5.87. The molecule has 0 saturated heterocycles. The zero-order valence-corrected chi connectivity index (χ0v) is 22.1. The van der Waals surface area contributed by atoms with Crippen LogP contribution in [-0.4, -0.2) is 21.1 Å². The summed E-state index contributed by atoms with van der Waals surface area (Å²) >= 11 is 0. The Morgan fingerprint density at radius 3 is 2.19 bits per heavy atom. The Bertz CT molecular complexity index is 1150. The van der Waals surface area contributed by atoms with Crippen LogP contribution in [0.5, 0.6) is 0 Å². The molecular formula is C33H44N2O. The Kier molecular flexibility index (Phi) is 7.22. The Balaban J connectivity index is 1.32. The van der Waals surface area contributed by atoms with E-state index in [-0.39, 0.29) is 0 Å². The van der Waals surface area contributed by atoms with Crippen LogP contribution in [-0.2, 0) is 25.1 Å². The normalized spacial score (nSPS) is 23.5. The lowest BCUT2D eigenvalue weighted by Crippen LogP contribution is -2.39. The van der Waals surface area contributed by atoms with E-state index in [0.29, 0.717) is 6.04 Å². The van der Waals surface area contributed by atoms with Crippen LogP contribution in [0.2, 0.25) is 0 Å². The first-order valence-electron chi connectivity index (χ1n) is 14.9. The topological polar surface area (TPSA) is 28.4 Å². The first kappa shape index (κ1) is 24.2. The van der Waals surface area contributed by atoms with Crippen LogP contribution in [0.15, 0.2) is 48.5 Å². The van der Waals surface area contributed by atoms with E-state index >= 15 is 0 Å². The number of hydrogen-bond donors (Lipinski definition) is 1. The van der Waals surface area contributed by atoms with Gasteiger partial charge in [-0.05, 0) is 60.9 Å². The average molecular weight is 485 g/mol. The van der Waals surface area contributed by atoms with Gasteiger partial charge in [0.15, 0.2) is 0 Å². The highest BCUT2D eigenvalue weighted by Crippen LogP contribution is 2.44. The molecule has 192 valence electrons. The molecule has 1 aromatic heterocycles. The van der Waals surface area contributed by atoms with Crippen LogP contribution in [0.1, 0.15) is 112 Å². The van der Waals surface area contributed by atoms with Crippen molar-refractivity contribution in [3.05, 3.63) is 70.9 Å². The zero-order chi connectivity index (χ0) is 24.4. The van der Waals surface area contributed by atoms with Crippen LogP contribution in [0.4, 0.5) is 0 Å². The van der Waals surface area contributed by atoms with Gasteiger partial charge in [-0.1, -0.05) is 94.2 Å². The molecule has 0 spiro atoms. The van der Waals surface area contributed by atoms with E-state index in [1.807, 2.05) is 0 Å². The van der Waals surface area contributed by atoms with E-state index < -0.39 is 5.60 Å². The fraction of sp³-hybridized carbons (Fsp3) is 0.576. The Labute approximate surface area is 217 Å². The van der Waals surface area contributed by atoms with E-state index in [0.717, 1.165) is 45.3 Å². The molecule has 0 radical (unpaired) electrons. The van der Waals surface area contributed by atoms with Gasteiger partial charge >= 0.3 is 0 Å². The Morgan fingerprint density at radius 2 is 1.47 bits per heavy atom. The summed E-state index contributed by atoms with van der Waals surface area (Å²) in [6, 6.07) is 18.5. The fourth-order valence-corrected chi connectivity index (χ4v) is 7.46. The third kappa shape index (κ3) is 4.77. The van der Waals surface area contributed by atoms with Crippen molar-refractivity contribution < 1.29 is 5.11 Å². The Hall–Kier alpha value is -2.10. The summed E-state index contributed by atoms with van der Waals surface area (Å²) in [4.78, 5) is 2.72. The third-order valence-electron chi connectivity index (χ3n) is 9.43. The van der Waals surface area contributed by atoms with Crippen LogP contribution in [0, 0.1) is 0 Å². The van der Waals surface area contributed by atoms with Crippen molar-refractivity contribution in [1.29, 1.82) is 0 Å². The second kappa shape index (κ2) is 10.7. The SMILES string of the molecule is OC1(c2ccc3c(c2)c2c4n3CCN(Cc3ccccc3)[C@@H]4CCC2)CCCCCCCCCCC1. The van der Waals surface area contributed by atoms with Crippen LogP contribution in [0.25, 0.3) is 10.9 Å². The van der Waals surface area contributed by atoms with Crippen molar-refractivity contribution in [1.82, 2.24) is 9.47 Å². The van der Waals surface area contributed by atoms with E-state index in [9.17, 15) is 5.11 Å². The summed E-state index contributed by atoms with van der Waals surface area (Å²) in [5.41, 5.74) is 6.46. The van der Waals surface area contributed by atoms with Gasteiger partial charge in [-0.2, -0.15) is 0 Å². The fourth-order valence-electron chi connectivity index (χ4n) is 7.46. The molecule has 1 saturated carbocycles. The van der Waals surface area contributed by atoms with Crippen molar-refractivity contribution in [2.45, 2.75) is 115 Å². The molecule has 36 heavy (non-hydrogen) atoms.